The largest absolute Gasteiger partial charge is 0.392 e. The molecule has 4 aromatic carbocycles. The Morgan fingerprint density at radius 2 is 1.57 bits per heavy atom. The van der Waals surface area contributed by atoms with Gasteiger partial charge in [-0.1, -0.05) is 85.8 Å². The predicted molar refractivity (Wildman–Crippen MR) is 161 cm³/mol. The van der Waals surface area contributed by atoms with Gasteiger partial charge in [0.25, 0.3) is 0 Å². The zero-order valence-electron chi connectivity index (χ0n) is 23.4. The van der Waals surface area contributed by atoms with Crippen molar-refractivity contribution in [2.45, 2.75) is 45.1 Å². The standard InChI is InChI=1S/C34H34N4O4/c1-23-31(20-38-22-36-29-9-5-6-10-30(29)38)41-33(42-32(23)26-13-11-25(21-39)12-14-26)27-15-17-28(18-16-27)37-34(40)35-19-24-7-3-2-4-8-24/h2-18,22-23,31-33,39H,19-21H2,1H3,(H2,35,37,40). The third-order valence-corrected chi connectivity index (χ3v) is 7.76. The first-order valence-electron chi connectivity index (χ1n) is 14.2. The number of para-hydroxylation sites is 2. The molecule has 4 unspecified atom stereocenters. The van der Waals surface area contributed by atoms with Crippen LogP contribution in [0.3, 0.4) is 0 Å². The number of nitrogens with one attached hydrogen (secondary N) is 2. The van der Waals surface area contributed by atoms with Gasteiger partial charge in [0.1, 0.15) is 0 Å². The van der Waals surface area contributed by atoms with Crippen LogP contribution in [0.25, 0.3) is 11.0 Å². The fourth-order valence-electron chi connectivity index (χ4n) is 5.35. The fourth-order valence-corrected chi connectivity index (χ4v) is 5.35. The van der Waals surface area contributed by atoms with E-state index in [1.807, 2.05) is 103 Å². The first kappa shape index (κ1) is 27.7. The van der Waals surface area contributed by atoms with Gasteiger partial charge < -0.3 is 29.8 Å². The van der Waals surface area contributed by atoms with E-state index in [1.54, 1.807) is 0 Å². The number of imidazole rings is 1. The lowest BCUT2D eigenvalue weighted by molar-refractivity contribution is -0.276. The third kappa shape index (κ3) is 6.21. The summed E-state index contributed by atoms with van der Waals surface area (Å²) in [5.41, 5.74) is 6.44. The molecule has 1 fully saturated rings. The van der Waals surface area contributed by atoms with Crippen molar-refractivity contribution in [3.05, 3.63) is 132 Å². The van der Waals surface area contributed by atoms with Gasteiger partial charge in [-0.2, -0.15) is 0 Å². The Hall–Kier alpha value is -4.50. The van der Waals surface area contributed by atoms with E-state index >= 15 is 0 Å². The summed E-state index contributed by atoms with van der Waals surface area (Å²) >= 11 is 0. The predicted octanol–water partition coefficient (Wildman–Crippen LogP) is 6.34. The molecular formula is C34H34N4O4. The van der Waals surface area contributed by atoms with Crippen LogP contribution in [0.4, 0.5) is 10.5 Å². The van der Waals surface area contributed by atoms with Crippen molar-refractivity contribution in [3.63, 3.8) is 0 Å². The van der Waals surface area contributed by atoms with Crippen LogP contribution in [0, 0.1) is 5.92 Å². The van der Waals surface area contributed by atoms with Gasteiger partial charge in [0.2, 0.25) is 0 Å². The molecule has 42 heavy (non-hydrogen) atoms. The molecular weight excluding hydrogens is 528 g/mol. The Kier molecular flexibility index (Phi) is 8.28. The highest BCUT2D eigenvalue weighted by Crippen LogP contribution is 2.42. The normalized spacial score (nSPS) is 20.3. The molecule has 8 nitrogen and oxygen atoms in total. The second kappa shape index (κ2) is 12.6. The molecule has 214 valence electrons. The van der Waals surface area contributed by atoms with E-state index in [0.717, 1.165) is 33.3 Å². The van der Waals surface area contributed by atoms with Gasteiger partial charge in [0.05, 0.1) is 42.7 Å². The number of hydrogen-bond acceptors (Lipinski definition) is 5. The number of aromatic nitrogens is 2. The second-order valence-corrected chi connectivity index (χ2v) is 10.6. The van der Waals surface area contributed by atoms with E-state index in [9.17, 15) is 9.90 Å². The van der Waals surface area contributed by atoms with E-state index in [-0.39, 0.29) is 30.8 Å². The average molecular weight is 563 g/mol. The van der Waals surface area contributed by atoms with Crippen molar-refractivity contribution >= 4 is 22.8 Å². The Morgan fingerprint density at radius 3 is 2.33 bits per heavy atom. The number of aliphatic hydroxyl groups excluding tert-OH is 1. The zero-order chi connectivity index (χ0) is 28.9. The molecule has 1 saturated heterocycles. The molecule has 3 N–H and O–H groups in total. The van der Waals surface area contributed by atoms with Crippen LogP contribution in [0.2, 0.25) is 0 Å². The molecule has 0 bridgehead atoms. The fraction of sp³-hybridized carbons (Fsp3) is 0.235. The summed E-state index contributed by atoms with van der Waals surface area (Å²) in [7, 11) is 0. The van der Waals surface area contributed by atoms with Crippen LogP contribution in [0.15, 0.2) is 109 Å². The van der Waals surface area contributed by atoms with Gasteiger partial charge in [-0.3, -0.25) is 0 Å². The number of aliphatic hydroxyl groups is 1. The number of carbonyl (C=O) groups excluding carboxylic acids is 1. The smallest absolute Gasteiger partial charge is 0.319 e. The molecule has 2 heterocycles. The van der Waals surface area contributed by atoms with Crippen molar-refractivity contribution in [1.29, 1.82) is 0 Å². The number of fused-ring (bicyclic) bond motifs is 1. The van der Waals surface area contributed by atoms with Gasteiger partial charge in [0.15, 0.2) is 6.29 Å². The molecule has 4 atom stereocenters. The van der Waals surface area contributed by atoms with Gasteiger partial charge in [-0.25, -0.2) is 9.78 Å². The Balaban J connectivity index is 1.19. The molecule has 5 aromatic rings. The molecule has 0 radical (unpaired) electrons. The number of urea groups is 1. The van der Waals surface area contributed by atoms with Crippen molar-refractivity contribution in [1.82, 2.24) is 14.9 Å². The monoisotopic (exact) mass is 562 g/mol. The third-order valence-electron chi connectivity index (χ3n) is 7.76. The van der Waals surface area contributed by atoms with Crippen LogP contribution < -0.4 is 10.6 Å². The van der Waals surface area contributed by atoms with Crippen LogP contribution in [0.1, 0.15) is 41.6 Å². The van der Waals surface area contributed by atoms with Gasteiger partial charge in [0, 0.05) is 23.7 Å². The number of hydrogen-bond donors (Lipinski definition) is 3. The summed E-state index contributed by atoms with van der Waals surface area (Å²) in [6.07, 6.45) is 0.868. The van der Waals surface area contributed by atoms with Crippen LogP contribution in [0.5, 0.6) is 0 Å². The SMILES string of the molecule is CC1C(Cn2cnc3ccccc32)OC(c2ccc(NC(=O)NCc3ccccc3)cc2)OC1c1ccc(CO)cc1. The molecule has 0 aliphatic carbocycles. The van der Waals surface area contributed by atoms with E-state index in [0.29, 0.717) is 18.8 Å². The quantitative estimate of drug-likeness (QED) is 0.205. The molecule has 1 aromatic heterocycles. The molecule has 1 aliphatic rings. The Labute approximate surface area is 244 Å². The highest BCUT2D eigenvalue weighted by Gasteiger charge is 2.38. The maximum atomic E-state index is 12.4. The summed E-state index contributed by atoms with van der Waals surface area (Å²) in [5, 5.41) is 15.3. The van der Waals surface area contributed by atoms with Gasteiger partial charge in [-0.15, -0.1) is 0 Å². The Bertz CT molecular complexity index is 1620. The molecule has 0 saturated carbocycles. The second-order valence-electron chi connectivity index (χ2n) is 10.6. The number of rotatable bonds is 8. The summed E-state index contributed by atoms with van der Waals surface area (Å²) in [5.74, 6) is 0.0386. The first-order valence-corrected chi connectivity index (χ1v) is 14.2. The molecule has 8 heteroatoms. The van der Waals surface area contributed by atoms with Crippen molar-refractivity contribution < 1.29 is 19.4 Å². The number of nitrogens with zero attached hydrogens (tertiary/aromatic N) is 2. The van der Waals surface area contributed by atoms with Crippen molar-refractivity contribution in [2.75, 3.05) is 5.32 Å². The Morgan fingerprint density at radius 1 is 0.857 bits per heavy atom. The number of amides is 2. The van der Waals surface area contributed by atoms with E-state index in [1.165, 1.54) is 0 Å². The van der Waals surface area contributed by atoms with E-state index in [4.69, 9.17) is 9.47 Å². The number of carbonyl (C=O) groups is 1. The van der Waals surface area contributed by atoms with E-state index in [2.05, 4.69) is 33.2 Å². The molecule has 6 rings (SSSR count). The summed E-state index contributed by atoms with van der Waals surface area (Å²) in [6.45, 7) is 3.20. The highest BCUT2D eigenvalue weighted by atomic mass is 16.7. The van der Waals surface area contributed by atoms with Crippen LogP contribution in [-0.4, -0.2) is 26.8 Å². The number of benzene rings is 4. The minimum absolute atomic E-state index is 0.00587. The maximum Gasteiger partial charge on any atom is 0.319 e. The topological polar surface area (TPSA) is 97.6 Å². The lowest BCUT2D eigenvalue weighted by atomic mass is 9.90. The van der Waals surface area contributed by atoms with Crippen LogP contribution >= 0.6 is 0 Å². The van der Waals surface area contributed by atoms with Gasteiger partial charge in [-0.05, 0) is 41.0 Å². The lowest BCUT2D eigenvalue weighted by Gasteiger charge is -2.41. The lowest BCUT2D eigenvalue weighted by Crippen LogP contribution is -2.39. The summed E-state index contributed by atoms with van der Waals surface area (Å²) in [6, 6.07) is 33.0. The molecule has 0 spiro atoms. The van der Waals surface area contributed by atoms with E-state index < -0.39 is 6.29 Å². The average Bonchev–Trinajstić information content (AvgIpc) is 3.44. The van der Waals surface area contributed by atoms with Gasteiger partial charge >= 0.3 is 6.03 Å². The first-order chi connectivity index (χ1) is 20.6. The zero-order valence-corrected chi connectivity index (χ0v) is 23.4. The molecule has 1 aliphatic heterocycles. The number of ether oxygens (including phenoxy) is 2. The minimum atomic E-state index is -0.607. The number of anilines is 1. The summed E-state index contributed by atoms with van der Waals surface area (Å²) < 4.78 is 15.3. The highest BCUT2D eigenvalue weighted by molar-refractivity contribution is 5.89. The molecule has 2 amide bonds. The van der Waals surface area contributed by atoms with Crippen LogP contribution in [-0.2, 0) is 29.2 Å². The summed E-state index contributed by atoms with van der Waals surface area (Å²) in [4.78, 5) is 17.0. The van der Waals surface area contributed by atoms with Crippen molar-refractivity contribution in [2.24, 2.45) is 5.92 Å². The maximum absolute atomic E-state index is 12.4. The van der Waals surface area contributed by atoms with Crippen molar-refractivity contribution in [3.8, 4) is 0 Å². The minimum Gasteiger partial charge on any atom is -0.392 e.